The zero-order valence-corrected chi connectivity index (χ0v) is 10.7. The lowest BCUT2D eigenvalue weighted by Gasteiger charge is -2.10. The topological polar surface area (TPSA) is 37.8 Å². The van der Waals surface area contributed by atoms with Crippen LogP contribution in [0.25, 0.3) is 11.4 Å². The summed E-state index contributed by atoms with van der Waals surface area (Å²) in [6.07, 6.45) is 3.61. The Labute approximate surface area is 102 Å². The minimum absolute atomic E-state index is 0.791. The third kappa shape index (κ3) is 2.28. The Hall–Kier alpha value is -1.90. The van der Waals surface area contributed by atoms with Gasteiger partial charge in [0.2, 0.25) is 0 Å². The molecule has 0 saturated heterocycles. The van der Waals surface area contributed by atoms with E-state index >= 15 is 0 Å². The smallest absolute Gasteiger partial charge is 0.159 e. The van der Waals surface area contributed by atoms with Gasteiger partial charge in [0.1, 0.15) is 0 Å². The summed E-state index contributed by atoms with van der Waals surface area (Å²) in [7, 11) is 1.86. The molecule has 0 unspecified atom stereocenters. The van der Waals surface area contributed by atoms with Crippen molar-refractivity contribution in [2.75, 3.05) is 12.4 Å². The normalized spacial score (nSPS) is 10.4. The first kappa shape index (κ1) is 11.6. The summed E-state index contributed by atoms with van der Waals surface area (Å²) >= 11 is 0. The third-order valence-electron chi connectivity index (χ3n) is 2.84. The van der Waals surface area contributed by atoms with E-state index in [2.05, 4.69) is 48.2 Å². The van der Waals surface area contributed by atoms with Crippen molar-refractivity contribution in [1.29, 1.82) is 0 Å². The van der Waals surface area contributed by atoms with Crippen LogP contribution >= 0.6 is 0 Å². The van der Waals surface area contributed by atoms with Crippen LogP contribution in [-0.2, 0) is 0 Å². The van der Waals surface area contributed by atoms with E-state index in [-0.39, 0.29) is 0 Å². The predicted octanol–water partition coefficient (Wildman–Crippen LogP) is 3.11. The van der Waals surface area contributed by atoms with Crippen LogP contribution in [-0.4, -0.2) is 17.0 Å². The molecule has 0 radical (unpaired) electrons. The second kappa shape index (κ2) is 4.53. The van der Waals surface area contributed by atoms with Gasteiger partial charge in [0, 0.05) is 12.6 Å². The van der Waals surface area contributed by atoms with Crippen LogP contribution in [0, 0.1) is 20.8 Å². The average molecular weight is 227 g/mol. The van der Waals surface area contributed by atoms with Gasteiger partial charge < -0.3 is 5.32 Å². The Bertz CT molecular complexity index is 507. The lowest BCUT2D eigenvalue weighted by molar-refractivity contribution is 1.15. The highest BCUT2D eigenvalue weighted by Gasteiger charge is 2.08. The average Bonchev–Trinajstić information content (AvgIpc) is 2.28. The SMILES string of the molecule is CNc1cnc(-c2c(C)cc(C)cc2C)nc1. The summed E-state index contributed by atoms with van der Waals surface area (Å²) < 4.78 is 0. The minimum atomic E-state index is 0.791. The first-order valence-electron chi connectivity index (χ1n) is 5.70. The van der Waals surface area contributed by atoms with Crippen molar-refractivity contribution in [2.45, 2.75) is 20.8 Å². The highest BCUT2D eigenvalue weighted by Crippen LogP contribution is 2.25. The molecule has 0 saturated carbocycles. The molecule has 0 amide bonds. The van der Waals surface area contributed by atoms with Crippen LogP contribution in [0.1, 0.15) is 16.7 Å². The maximum atomic E-state index is 4.40. The summed E-state index contributed by atoms with van der Waals surface area (Å²) in [5, 5.41) is 3.02. The van der Waals surface area contributed by atoms with Gasteiger partial charge in [0.15, 0.2) is 5.82 Å². The van der Waals surface area contributed by atoms with Crippen molar-refractivity contribution >= 4 is 5.69 Å². The second-order valence-electron chi connectivity index (χ2n) is 4.32. The largest absolute Gasteiger partial charge is 0.386 e. The van der Waals surface area contributed by atoms with Gasteiger partial charge in [-0.25, -0.2) is 9.97 Å². The number of rotatable bonds is 2. The van der Waals surface area contributed by atoms with Crippen LogP contribution in [0.2, 0.25) is 0 Å². The van der Waals surface area contributed by atoms with Crippen molar-refractivity contribution in [3.05, 3.63) is 41.2 Å². The lowest BCUT2D eigenvalue weighted by Crippen LogP contribution is -1.97. The molecule has 2 aromatic rings. The molecule has 0 bridgehead atoms. The van der Waals surface area contributed by atoms with E-state index in [1.54, 1.807) is 12.4 Å². The van der Waals surface area contributed by atoms with E-state index in [4.69, 9.17) is 0 Å². The van der Waals surface area contributed by atoms with E-state index in [0.29, 0.717) is 0 Å². The summed E-state index contributed by atoms with van der Waals surface area (Å²) in [5.74, 6) is 0.791. The third-order valence-corrected chi connectivity index (χ3v) is 2.84. The molecule has 0 aliphatic rings. The number of nitrogens with zero attached hydrogens (tertiary/aromatic N) is 2. The van der Waals surface area contributed by atoms with Crippen molar-refractivity contribution in [3.8, 4) is 11.4 Å². The summed E-state index contributed by atoms with van der Waals surface area (Å²) in [6, 6.07) is 4.33. The highest BCUT2D eigenvalue weighted by atomic mass is 14.9. The van der Waals surface area contributed by atoms with Gasteiger partial charge in [0.05, 0.1) is 18.1 Å². The molecule has 2 rings (SSSR count). The number of anilines is 1. The van der Waals surface area contributed by atoms with Crippen molar-refractivity contribution < 1.29 is 0 Å². The number of nitrogens with one attached hydrogen (secondary N) is 1. The molecule has 1 aromatic heterocycles. The summed E-state index contributed by atoms with van der Waals surface area (Å²) in [5.41, 5.74) is 5.78. The van der Waals surface area contributed by atoms with Crippen LogP contribution in [0.4, 0.5) is 5.69 Å². The van der Waals surface area contributed by atoms with Crippen LogP contribution in [0.15, 0.2) is 24.5 Å². The van der Waals surface area contributed by atoms with Crippen LogP contribution < -0.4 is 5.32 Å². The Balaban J connectivity index is 2.52. The number of hydrogen-bond acceptors (Lipinski definition) is 3. The standard InChI is InChI=1S/C14H17N3/c1-9-5-10(2)13(11(3)6-9)14-16-7-12(15-4)8-17-14/h5-8,15H,1-4H3. The molecular formula is C14H17N3. The maximum absolute atomic E-state index is 4.40. The molecule has 17 heavy (non-hydrogen) atoms. The van der Waals surface area contributed by atoms with E-state index in [1.165, 1.54) is 16.7 Å². The predicted molar refractivity (Wildman–Crippen MR) is 71.2 cm³/mol. The first-order chi connectivity index (χ1) is 8.11. The van der Waals surface area contributed by atoms with Gasteiger partial charge in [-0.15, -0.1) is 0 Å². The number of hydrogen-bond donors (Lipinski definition) is 1. The molecule has 0 fully saturated rings. The quantitative estimate of drug-likeness (QED) is 0.856. The zero-order valence-electron chi connectivity index (χ0n) is 10.7. The van der Waals surface area contributed by atoms with E-state index in [1.807, 2.05) is 7.05 Å². The monoisotopic (exact) mass is 227 g/mol. The van der Waals surface area contributed by atoms with Crippen LogP contribution in [0.5, 0.6) is 0 Å². The Morgan fingerprint density at radius 3 is 1.94 bits per heavy atom. The molecule has 0 atom stereocenters. The minimum Gasteiger partial charge on any atom is -0.386 e. The molecule has 0 aliphatic carbocycles. The first-order valence-corrected chi connectivity index (χ1v) is 5.70. The summed E-state index contributed by atoms with van der Waals surface area (Å²) in [6.45, 7) is 6.31. The van der Waals surface area contributed by atoms with Crippen molar-refractivity contribution in [2.24, 2.45) is 0 Å². The number of benzene rings is 1. The van der Waals surface area contributed by atoms with Crippen LogP contribution in [0.3, 0.4) is 0 Å². The number of aryl methyl sites for hydroxylation is 3. The van der Waals surface area contributed by atoms with E-state index < -0.39 is 0 Å². The molecule has 1 N–H and O–H groups in total. The number of aromatic nitrogens is 2. The van der Waals surface area contributed by atoms with Gasteiger partial charge >= 0.3 is 0 Å². The van der Waals surface area contributed by atoms with Gasteiger partial charge in [-0.1, -0.05) is 17.7 Å². The Kier molecular flexibility index (Phi) is 3.09. The Morgan fingerprint density at radius 2 is 1.47 bits per heavy atom. The van der Waals surface area contributed by atoms with Gasteiger partial charge in [-0.2, -0.15) is 0 Å². The van der Waals surface area contributed by atoms with Crippen molar-refractivity contribution in [1.82, 2.24) is 9.97 Å². The maximum Gasteiger partial charge on any atom is 0.159 e. The lowest BCUT2D eigenvalue weighted by atomic mass is 9.99. The molecule has 0 spiro atoms. The molecule has 0 aliphatic heterocycles. The molecular weight excluding hydrogens is 210 g/mol. The fourth-order valence-electron chi connectivity index (χ4n) is 2.12. The molecule has 88 valence electrons. The molecule has 3 heteroatoms. The Morgan fingerprint density at radius 1 is 0.941 bits per heavy atom. The molecule has 1 aromatic carbocycles. The van der Waals surface area contributed by atoms with Gasteiger partial charge in [0.25, 0.3) is 0 Å². The van der Waals surface area contributed by atoms with Crippen molar-refractivity contribution in [3.63, 3.8) is 0 Å². The zero-order chi connectivity index (χ0) is 12.4. The van der Waals surface area contributed by atoms with Gasteiger partial charge in [-0.05, 0) is 31.9 Å². The molecule has 3 nitrogen and oxygen atoms in total. The fourth-order valence-corrected chi connectivity index (χ4v) is 2.12. The highest BCUT2D eigenvalue weighted by molar-refractivity contribution is 5.65. The van der Waals surface area contributed by atoms with E-state index in [0.717, 1.165) is 17.1 Å². The molecule has 1 heterocycles. The van der Waals surface area contributed by atoms with E-state index in [9.17, 15) is 0 Å². The van der Waals surface area contributed by atoms with Gasteiger partial charge in [-0.3, -0.25) is 0 Å². The second-order valence-corrected chi connectivity index (χ2v) is 4.32. The fraction of sp³-hybridized carbons (Fsp3) is 0.286. The summed E-state index contributed by atoms with van der Waals surface area (Å²) in [4.78, 5) is 8.79.